The molecule has 3 aromatic rings. The van der Waals surface area contributed by atoms with Gasteiger partial charge < -0.3 is 39.5 Å². The summed E-state index contributed by atoms with van der Waals surface area (Å²) in [5.74, 6) is 3.72. The highest BCUT2D eigenvalue weighted by molar-refractivity contribution is 5.92. The maximum atomic E-state index is 6.27. The maximum Gasteiger partial charge on any atom is 0.225 e. The molecule has 1 saturated heterocycles. The Morgan fingerprint density at radius 3 is 2.25 bits per heavy atom. The third kappa shape index (κ3) is 8.99. The number of fused-ring (bicyclic) bond motifs is 1. The number of nitrogens with zero attached hydrogens (tertiary/aromatic N) is 6. The Bertz CT molecular complexity index is 1340. The third-order valence-electron chi connectivity index (χ3n) is 7.96. The van der Waals surface area contributed by atoms with Crippen LogP contribution < -0.4 is 29.7 Å². The molecule has 1 aliphatic heterocycles. The van der Waals surface area contributed by atoms with Crippen molar-refractivity contribution in [2.45, 2.75) is 31.8 Å². The largest absolute Gasteiger partial charge is 0.493 e. The van der Waals surface area contributed by atoms with Gasteiger partial charge in [0, 0.05) is 75.6 Å². The van der Waals surface area contributed by atoms with Crippen LogP contribution in [0.4, 0.5) is 17.5 Å². The lowest BCUT2D eigenvalue weighted by Gasteiger charge is -2.34. The maximum absolute atomic E-state index is 6.27. The summed E-state index contributed by atoms with van der Waals surface area (Å²) in [6, 6.07) is 10.5. The van der Waals surface area contributed by atoms with E-state index in [9.17, 15) is 0 Å². The molecule has 0 bridgehead atoms. The van der Waals surface area contributed by atoms with Gasteiger partial charge in [0.15, 0.2) is 11.5 Å². The standard InChI is InChI=1S/C33H52N8O3/c1-38(2)16-10-15-34-33-36-27-22-31(43-8)30(42-7)21-25(27)32(37-33)35-24-13-17-41(18-14-24)23-26-28(40(5)6)11-9-12-29(26)44-20-19-39(3)4/h9,11-12,21-22,24H,10,13-20,23H2,1-8H3,(H2,34,35,36,37). The first-order valence-corrected chi connectivity index (χ1v) is 15.6. The fourth-order valence-corrected chi connectivity index (χ4v) is 5.50. The first-order chi connectivity index (χ1) is 21.2. The first kappa shape index (κ1) is 33.4. The summed E-state index contributed by atoms with van der Waals surface area (Å²) >= 11 is 0. The zero-order chi connectivity index (χ0) is 31.6. The second-order valence-electron chi connectivity index (χ2n) is 12.2. The quantitative estimate of drug-likeness (QED) is 0.231. The van der Waals surface area contributed by atoms with Gasteiger partial charge in [-0.3, -0.25) is 4.90 Å². The Labute approximate surface area is 263 Å². The molecule has 0 saturated carbocycles. The Balaban J connectivity index is 1.48. The molecule has 11 heteroatoms. The van der Waals surface area contributed by atoms with E-state index < -0.39 is 0 Å². The van der Waals surface area contributed by atoms with E-state index in [1.807, 2.05) is 12.1 Å². The highest BCUT2D eigenvalue weighted by atomic mass is 16.5. The molecule has 242 valence electrons. The molecular weight excluding hydrogens is 556 g/mol. The number of methoxy groups -OCH3 is 2. The van der Waals surface area contributed by atoms with Gasteiger partial charge in [-0.15, -0.1) is 0 Å². The van der Waals surface area contributed by atoms with Crippen LogP contribution in [0.1, 0.15) is 24.8 Å². The van der Waals surface area contributed by atoms with E-state index >= 15 is 0 Å². The van der Waals surface area contributed by atoms with Gasteiger partial charge in [0.25, 0.3) is 0 Å². The third-order valence-corrected chi connectivity index (χ3v) is 7.96. The van der Waals surface area contributed by atoms with Crippen molar-refractivity contribution in [1.82, 2.24) is 24.7 Å². The van der Waals surface area contributed by atoms with Crippen LogP contribution in [0.25, 0.3) is 10.9 Å². The minimum Gasteiger partial charge on any atom is -0.493 e. The Morgan fingerprint density at radius 2 is 1.59 bits per heavy atom. The van der Waals surface area contributed by atoms with E-state index in [4.69, 9.17) is 24.2 Å². The molecule has 0 spiro atoms. The van der Waals surface area contributed by atoms with Crippen molar-refractivity contribution in [3.8, 4) is 17.2 Å². The van der Waals surface area contributed by atoms with E-state index in [1.54, 1.807) is 14.2 Å². The average molecular weight is 609 g/mol. The van der Waals surface area contributed by atoms with Gasteiger partial charge in [0.05, 0.1) is 19.7 Å². The molecule has 0 atom stereocenters. The molecule has 0 unspecified atom stereocenters. The van der Waals surface area contributed by atoms with E-state index in [-0.39, 0.29) is 0 Å². The molecule has 11 nitrogen and oxygen atoms in total. The molecule has 1 fully saturated rings. The number of likely N-dealkylation sites (tertiary alicyclic amines) is 1. The smallest absolute Gasteiger partial charge is 0.225 e. The lowest BCUT2D eigenvalue weighted by molar-refractivity contribution is 0.205. The van der Waals surface area contributed by atoms with E-state index in [0.717, 1.165) is 81.0 Å². The Morgan fingerprint density at radius 1 is 0.886 bits per heavy atom. The summed E-state index contributed by atoms with van der Waals surface area (Å²) in [6.45, 7) is 6.15. The molecular formula is C33H52N8O3. The van der Waals surface area contributed by atoms with E-state index in [1.165, 1.54) is 11.3 Å². The topological polar surface area (TPSA) is 90.5 Å². The Hall–Kier alpha value is -3.54. The predicted octanol–water partition coefficient (Wildman–Crippen LogP) is 4.09. The Kier molecular flexibility index (Phi) is 12.1. The van der Waals surface area contributed by atoms with Crippen molar-refractivity contribution in [3.63, 3.8) is 0 Å². The SMILES string of the molecule is COc1cc2nc(NCCCN(C)C)nc(NC3CCN(Cc4c(OCCN(C)C)cccc4N(C)C)CC3)c2cc1OC. The minimum atomic E-state index is 0.291. The second-order valence-corrected chi connectivity index (χ2v) is 12.2. The second kappa shape index (κ2) is 16.0. The molecule has 0 radical (unpaired) electrons. The van der Waals surface area contributed by atoms with Gasteiger partial charge in [0.2, 0.25) is 5.95 Å². The minimum absolute atomic E-state index is 0.291. The number of likely N-dealkylation sites (N-methyl/N-ethyl adjacent to an activating group) is 1. The van der Waals surface area contributed by atoms with Crippen LogP contribution in [0.15, 0.2) is 30.3 Å². The van der Waals surface area contributed by atoms with Gasteiger partial charge in [-0.2, -0.15) is 4.98 Å². The van der Waals surface area contributed by atoms with Crippen LogP contribution >= 0.6 is 0 Å². The van der Waals surface area contributed by atoms with Crippen molar-refractivity contribution in [1.29, 1.82) is 0 Å². The number of hydrogen-bond donors (Lipinski definition) is 2. The molecule has 2 heterocycles. The van der Waals surface area contributed by atoms with E-state index in [2.05, 4.69) is 90.7 Å². The molecule has 4 rings (SSSR count). The fraction of sp³-hybridized carbons (Fsp3) is 0.576. The zero-order valence-electron chi connectivity index (χ0n) is 27.9. The number of nitrogens with one attached hydrogen (secondary N) is 2. The highest BCUT2D eigenvalue weighted by Crippen LogP contribution is 2.36. The van der Waals surface area contributed by atoms with Crippen molar-refractivity contribution < 1.29 is 14.2 Å². The van der Waals surface area contributed by atoms with Crippen LogP contribution in [-0.2, 0) is 6.54 Å². The summed E-state index contributed by atoms with van der Waals surface area (Å²) in [4.78, 5) is 18.8. The number of benzene rings is 2. The molecule has 44 heavy (non-hydrogen) atoms. The molecule has 0 aliphatic carbocycles. The molecule has 2 N–H and O–H groups in total. The predicted molar refractivity (Wildman–Crippen MR) is 181 cm³/mol. The van der Waals surface area contributed by atoms with Crippen LogP contribution in [0.5, 0.6) is 17.2 Å². The number of anilines is 3. The first-order valence-electron chi connectivity index (χ1n) is 15.6. The monoisotopic (exact) mass is 608 g/mol. The van der Waals surface area contributed by atoms with Crippen LogP contribution in [0.2, 0.25) is 0 Å². The van der Waals surface area contributed by atoms with E-state index in [0.29, 0.717) is 30.1 Å². The number of piperidine rings is 1. The van der Waals surface area contributed by atoms with Crippen LogP contribution in [0, 0.1) is 0 Å². The fourth-order valence-electron chi connectivity index (χ4n) is 5.50. The molecule has 1 aromatic heterocycles. The van der Waals surface area contributed by atoms with Crippen LogP contribution in [-0.4, -0.2) is 127 Å². The van der Waals surface area contributed by atoms with Gasteiger partial charge in [-0.25, -0.2) is 4.98 Å². The zero-order valence-corrected chi connectivity index (χ0v) is 27.9. The van der Waals surface area contributed by atoms with Gasteiger partial charge >= 0.3 is 0 Å². The van der Waals surface area contributed by atoms with Gasteiger partial charge in [-0.05, 0) is 72.2 Å². The number of aromatic nitrogens is 2. The molecule has 1 aliphatic rings. The van der Waals surface area contributed by atoms with Gasteiger partial charge in [0.1, 0.15) is 18.2 Å². The number of hydrogen-bond acceptors (Lipinski definition) is 11. The normalized spacial score (nSPS) is 14.3. The lowest BCUT2D eigenvalue weighted by atomic mass is 10.0. The summed E-state index contributed by atoms with van der Waals surface area (Å²) in [5, 5.41) is 8.11. The number of ether oxygens (including phenoxy) is 3. The summed E-state index contributed by atoms with van der Waals surface area (Å²) in [6.07, 6.45) is 3.01. The summed E-state index contributed by atoms with van der Waals surface area (Å²) in [5.41, 5.74) is 3.26. The van der Waals surface area contributed by atoms with Crippen molar-refractivity contribution in [2.75, 3.05) is 111 Å². The number of rotatable bonds is 16. The average Bonchev–Trinajstić information content (AvgIpc) is 2.99. The molecule has 0 amide bonds. The molecule has 2 aromatic carbocycles. The highest BCUT2D eigenvalue weighted by Gasteiger charge is 2.24. The van der Waals surface area contributed by atoms with Crippen LogP contribution in [0.3, 0.4) is 0 Å². The summed E-state index contributed by atoms with van der Waals surface area (Å²) < 4.78 is 17.5. The van der Waals surface area contributed by atoms with Crippen molar-refractivity contribution in [3.05, 3.63) is 35.9 Å². The van der Waals surface area contributed by atoms with Crippen molar-refractivity contribution in [2.24, 2.45) is 0 Å². The summed E-state index contributed by atoms with van der Waals surface area (Å²) in [7, 11) is 15.8. The lowest BCUT2D eigenvalue weighted by Crippen LogP contribution is -2.39. The van der Waals surface area contributed by atoms with Crippen molar-refractivity contribution >= 4 is 28.4 Å². The van der Waals surface area contributed by atoms with Gasteiger partial charge in [-0.1, -0.05) is 6.07 Å².